The van der Waals surface area contributed by atoms with Gasteiger partial charge in [0.15, 0.2) is 0 Å². The van der Waals surface area contributed by atoms with Crippen LogP contribution in [0.1, 0.15) is 39.0 Å². The van der Waals surface area contributed by atoms with Crippen molar-refractivity contribution in [1.82, 2.24) is 5.32 Å². The fraction of sp³-hybridized carbons (Fsp3) is 0.800. The van der Waals surface area contributed by atoms with E-state index in [0.29, 0.717) is 12.8 Å². The van der Waals surface area contributed by atoms with Crippen LogP contribution < -0.4 is 5.32 Å². The number of amides is 1. The Morgan fingerprint density at radius 1 is 1.43 bits per heavy atom. The van der Waals surface area contributed by atoms with Gasteiger partial charge in [-0.3, -0.25) is 4.79 Å². The zero-order valence-corrected chi connectivity index (χ0v) is 8.91. The largest absolute Gasteiger partial charge is 0.467 e. The summed E-state index contributed by atoms with van der Waals surface area (Å²) in [6, 6.07) is -0.477. The van der Waals surface area contributed by atoms with Gasteiger partial charge in [0.1, 0.15) is 6.04 Å². The summed E-state index contributed by atoms with van der Waals surface area (Å²) in [5.41, 5.74) is 0. The monoisotopic (exact) mass is 201 g/mol. The maximum absolute atomic E-state index is 11.1. The summed E-state index contributed by atoms with van der Waals surface area (Å²) in [6.07, 6.45) is 5.55. The first kappa shape index (κ1) is 12.9. The molecule has 0 rings (SSSR count). The van der Waals surface area contributed by atoms with Crippen LogP contribution in [-0.2, 0) is 14.3 Å². The zero-order chi connectivity index (χ0) is 10.8. The second-order valence-electron chi connectivity index (χ2n) is 3.21. The molecule has 0 radical (unpaired) electrons. The van der Waals surface area contributed by atoms with Gasteiger partial charge in [-0.2, -0.15) is 0 Å². The molecule has 1 atom stereocenters. The number of nitrogens with one attached hydrogen (secondary N) is 1. The predicted octanol–water partition coefficient (Wildman–Crippen LogP) is 1.24. The lowest BCUT2D eigenvalue weighted by Crippen LogP contribution is -2.36. The molecule has 0 aliphatic heterocycles. The lowest BCUT2D eigenvalue weighted by Gasteiger charge is -2.12. The number of carbonyl (C=O) groups excluding carboxylic acids is 2. The third-order valence-electron chi connectivity index (χ3n) is 2.10. The highest BCUT2D eigenvalue weighted by atomic mass is 16.5. The Kier molecular flexibility index (Phi) is 7.89. The molecule has 0 aliphatic carbocycles. The Morgan fingerprint density at radius 3 is 2.64 bits per heavy atom. The number of hydrogen-bond acceptors (Lipinski definition) is 3. The van der Waals surface area contributed by atoms with Gasteiger partial charge in [0, 0.05) is 0 Å². The van der Waals surface area contributed by atoms with E-state index in [1.165, 1.54) is 7.11 Å². The summed E-state index contributed by atoms with van der Waals surface area (Å²) in [4.78, 5) is 21.3. The van der Waals surface area contributed by atoms with Crippen LogP contribution in [0.25, 0.3) is 0 Å². The number of methoxy groups -OCH3 is 1. The van der Waals surface area contributed by atoms with Crippen molar-refractivity contribution >= 4 is 12.4 Å². The summed E-state index contributed by atoms with van der Waals surface area (Å²) < 4.78 is 4.56. The molecule has 1 unspecified atom stereocenters. The molecule has 82 valence electrons. The van der Waals surface area contributed by atoms with E-state index in [9.17, 15) is 9.59 Å². The summed E-state index contributed by atoms with van der Waals surface area (Å²) in [7, 11) is 1.33. The van der Waals surface area contributed by atoms with Crippen LogP contribution in [0, 0.1) is 0 Å². The Hall–Kier alpha value is -1.06. The van der Waals surface area contributed by atoms with Crippen LogP contribution in [0.4, 0.5) is 0 Å². The van der Waals surface area contributed by atoms with Crippen LogP contribution in [0.15, 0.2) is 0 Å². The average Bonchev–Trinajstić information content (AvgIpc) is 2.21. The van der Waals surface area contributed by atoms with Crippen LogP contribution in [0.2, 0.25) is 0 Å². The molecule has 0 bridgehead atoms. The van der Waals surface area contributed by atoms with Crippen LogP contribution in [0.5, 0.6) is 0 Å². The van der Waals surface area contributed by atoms with Gasteiger partial charge in [-0.25, -0.2) is 4.79 Å². The minimum Gasteiger partial charge on any atom is -0.467 e. The standard InChI is InChI=1S/C10H19NO3/c1-3-4-5-6-7-9(11-8-12)10(13)14-2/h8-9H,3-7H2,1-2H3,(H,11,12). The van der Waals surface area contributed by atoms with Crippen molar-refractivity contribution in [3.05, 3.63) is 0 Å². The van der Waals surface area contributed by atoms with Crippen molar-refractivity contribution < 1.29 is 14.3 Å². The lowest BCUT2D eigenvalue weighted by atomic mass is 10.1. The molecule has 0 saturated carbocycles. The number of unbranched alkanes of at least 4 members (excludes halogenated alkanes) is 3. The highest BCUT2D eigenvalue weighted by molar-refractivity contribution is 5.77. The fourth-order valence-electron chi connectivity index (χ4n) is 1.27. The minimum atomic E-state index is -0.477. The van der Waals surface area contributed by atoms with Crippen molar-refractivity contribution in [2.24, 2.45) is 0 Å². The van der Waals surface area contributed by atoms with Crippen molar-refractivity contribution in [3.8, 4) is 0 Å². The average molecular weight is 201 g/mol. The summed E-state index contributed by atoms with van der Waals surface area (Å²) in [5, 5.41) is 2.46. The molecule has 4 heteroatoms. The SMILES string of the molecule is CCCCCCC(NC=O)C(=O)OC. The number of carbonyl (C=O) groups is 2. The van der Waals surface area contributed by atoms with E-state index >= 15 is 0 Å². The summed E-state index contributed by atoms with van der Waals surface area (Å²) in [6.45, 7) is 2.13. The lowest BCUT2D eigenvalue weighted by molar-refractivity contribution is -0.144. The van der Waals surface area contributed by atoms with E-state index in [1.807, 2.05) is 0 Å². The third-order valence-corrected chi connectivity index (χ3v) is 2.10. The van der Waals surface area contributed by atoms with E-state index in [1.54, 1.807) is 0 Å². The third kappa shape index (κ3) is 5.56. The quantitative estimate of drug-likeness (QED) is 0.365. The normalized spacial score (nSPS) is 11.9. The van der Waals surface area contributed by atoms with Gasteiger partial charge in [-0.05, 0) is 6.42 Å². The number of rotatable bonds is 8. The van der Waals surface area contributed by atoms with Gasteiger partial charge in [-0.15, -0.1) is 0 Å². The summed E-state index contributed by atoms with van der Waals surface area (Å²) in [5.74, 6) is -0.367. The first-order chi connectivity index (χ1) is 6.76. The number of hydrogen-bond donors (Lipinski definition) is 1. The highest BCUT2D eigenvalue weighted by Crippen LogP contribution is 2.06. The Bertz CT molecular complexity index is 171. The molecule has 0 aromatic carbocycles. The molecule has 1 amide bonds. The molecule has 0 heterocycles. The van der Waals surface area contributed by atoms with Crippen LogP contribution in [0.3, 0.4) is 0 Å². The van der Waals surface area contributed by atoms with E-state index in [2.05, 4.69) is 17.0 Å². The molecule has 0 aromatic heterocycles. The Balaban J connectivity index is 3.72. The second kappa shape index (κ2) is 8.53. The molecular formula is C10H19NO3. The molecule has 0 spiro atoms. The predicted molar refractivity (Wildman–Crippen MR) is 53.8 cm³/mol. The minimum absolute atomic E-state index is 0.367. The zero-order valence-electron chi connectivity index (χ0n) is 8.91. The van der Waals surface area contributed by atoms with Crippen LogP contribution >= 0.6 is 0 Å². The van der Waals surface area contributed by atoms with Crippen molar-refractivity contribution in [2.75, 3.05) is 7.11 Å². The topological polar surface area (TPSA) is 55.4 Å². The van der Waals surface area contributed by atoms with Crippen molar-refractivity contribution in [3.63, 3.8) is 0 Å². The Morgan fingerprint density at radius 2 is 2.14 bits per heavy atom. The second-order valence-corrected chi connectivity index (χ2v) is 3.21. The first-order valence-electron chi connectivity index (χ1n) is 5.03. The maximum atomic E-state index is 11.1. The molecule has 0 saturated heterocycles. The highest BCUT2D eigenvalue weighted by Gasteiger charge is 2.16. The van der Waals surface area contributed by atoms with Gasteiger partial charge in [0.05, 0.1) is 7.11 Å². The Labute approximate surface area is 85.0 Å². The maximum Gasteiger partial charge on any atom is 0.328 e. The molecule has 4 nitrogen and oxygen atoms in total. The molecule has 1 N–H and O–H groups in total. The van der Waals surface area contributed by atoms with Crippen molar-refractivity contribution in [1.29, 1.82) is 0 Å². The molecule has 0 aliphatic rings. The molecule has 14 heavy (non-hydrogen) atoms. The van der Waals surface area contributed by atoms with E-state index in [-0.39, 0.29) is 5.97 Å². The van der Waals surface area contributed by atoms with E-state index in [4.69, 9.17) is 0 Å². The van der Waals surface area contributed by atoms with E-state index in [0.717, 1.165) is 25.7 Å². The van der Waals surface area contributed by atoms with E-state index < -0.39 is 6.04 Å². The van der Waals surface area contributed by atoms with Gasteiger partial charge >= 0.3 is 5.97 Å². The number of esters is 1. The van der Waals surface area contributed by atoms with Crippen molar-refractivity contribution in [2.45, 2.75) is 45.1 Å². The summed E-state index contributed by atoms with van der Waals surface area (Å²) >= 11 is 0. The fourth-order valence-corrected chi connectivity index (χ4v) is 1.27. The van der Waals surface area contributed by atoms with Gasteiger partial charge < -0.3 is 10.1 Å². The molecule has 0 aromatic rings. The van der Waals surface area contributed by atoms with Gasteiger partial charge in [-0.1, -0.05) is 32.6 Å². The van der Waals surface area contributed by atoms with Gasteiger partial charge in [0.2, 0.25) is 6.41 Å². The first-order valence-corrected chi connectivity index (χ1v) is 5.03. The molecular weight excluding hydrogens is 182 g/mol. The van der Waals surface area contributed by atoms with Crippen LogP contribution in [-0.4, -0.2) is 25.5 Å². The number of ether oxygens (including phenoxy) is 1. The molecule has 0 fully saturated rings. The van der Waals surface area contributed by atoms with Gasteiger partial charge in [0.25, 0.3) is 0 Å². The smallest absolute Gasteiger partial charge is 0.328 e.